The van der Waals surface area contributed by atoms with Crippen LogP contribution >= 0.6 is 12.4 Å². The molecule has 0 aromatic heterocycles. The molecule has 2 aromatic carbocycles. The van der Waals surface area contributed by atoms with E-state index in [0.717, 1.165) is 24.8 Å². The lowest BCUT2D eigenvalue weighted by Gasteiger charge is -2.33. The van der Waals surface area contributed by atoms with Crippen LogP contribution in [0.1, 0.15) is 55.7 Å². The van der Waals surface area contributed by atoms with Gasteiger partial charge in [0.15, 0.2) is 0 Å². The van der Waals surface area contributed by atoms with E-state index >= 15 is 0 Å². The van der Waals surface area contributed by atoms with Gasteiger partial charge in [-0.2, -0.15) is 0 Å². The minimum atomic E-state index is 0. The van der Waals surface area contributed by atoms with Gasteiger partial charge < -0.3 is 9.64 Å². The molecule has 0 spiro atoms. The quantitative estimate of drug-likeness (QED) is 0.501. The van der Waals surface area contributed by atoms with Crippen molar-refractivity contribution in [3.63, 3.8) is 0 Å². The molecule has 2 atom stereocenters. The fourth-order valence-electron chi connectivity index (χ4n) is 4.69. The number of aryl methyl sites for hydroxylation is 1. The predicted molar refractivity (Wildman–Crippen MR) is 122 cm³/mol. The molecule has 0 aliphatic heterocycles. The molecule has 2 aromatic rings. The predicted octanol–water partition coefficient (Wildman–Crippen LogP) is 6.13. The summed E-state index contributed by atoms with van der Waals surface area (Å²) < 4.78 is 5.52. The first-order chi connectivity index (χ1) is 13.2. The van der Waals surface area contributed by atoms with Crippen molar-refractivity contribution in [1.82, 2.24) is 4.90 Å². The molecule has 3 rings (SSSR count). The van der Waals surface area contributed by atoms with Gasteiger partial charge in [-0.15, -0.1) is 12.4 Å². The minimum Gasteiger partial charge on any atom is -0.497 e. The van der Waals surface area contributed by atoms with Crippen molar-refractivity contribution >= 4 is 12.4 Å². The number of hydrogen-bond acceptors (Lipinski definition) is 2. The molecule has 0 saturated carbocycles. The van der Waals surface area contributed by atoms with Crippen LogP contribution in [0.3, 0.4) is 0 Å². The molecule has 2 nitrogen and oxygen atoms in total. The standard InChI is InChI=1S/C25H35NO.ClH/c1-4-26(5-2)17-9-14-25(22-12-8-13-24(19-22)27-3)23-16-15-20-10-6-7-11-21(20)18-23;/h6-8,10-13,19,23,25H,4-5,9,14-18H2,1-3H3;1H. The summed E-state index contributed by atoms with van der Waals surface area (Å²) in [6.07, 6.45) is 6.25. The highest BCUT2D eigenvalue weighted by atomic mass is 35.5. The second-order valence-corrected chi connectivity index (χ2v) is 7.82. The number of benzene rings is 2. The first kappa shape index (κ1) is 22.8. The maximum absolute atomic E-state index is 5.52. The van der Waals surface area contributed by atoms with Crippen LogP contribution in [0, 0.1) is 5.92 Å². The Morgan fingerprint density at radius 2 is 1.79 bits per heavy atom. The topological polar surface area (TPSA) is 12.5 Å². The summed E-state index contributed by atoms with van der Waals surface area (Å²) >= 11 is 0. The maximum atomic E-state index is 5.52. The number of rotatable bonds is 9. The minimum absolute atomic E-state index is 0. The molecule has 1 aliphatic carbocycles. The molecule has 3 heteroatoms. The van der Waals surface area contributed by atoms with Gasteiger partial charge in [-0.25, -0.2) is 0 Å². The van der Waals surface area contributed by atoms with E-state index in [2.05, 4.69) is 67.3 Å². The van der Waals surface area contributed by atoms with Crippen LogP contribution in [0.15, 0.2) is 48.5 Å². The van der Waals surface area contributed by atoms with Gasteiger partial charge in [0.1, 0.15) is 5.75 Å². The Hall–Kier alpha value is -1.51. The fraction of sp³-hybridized carbons (Fsp3) is 0.520. The third-order valence-electron chi connectivity index (χ3n) is 6.36. The Morgan fingerprint density at radius 1 is 1.04 bits per heavy atom. The molecule has 2 unspecified atom stereocenters. The zero-order chi connectivity index (χ0) is 19.1. The highest BCUT2D eigenvalue weighted by Gasteiger charge is 2.27. The van der Waals surface area contributed by atoms with E-state index in [9.17, 15) is 0 Å². The Bertz CT molecular complexity index is 713. The molecule has 0 heterocycles. The van der Waals surface area contributed by atoms with Crippen LogP contribution in [-0.2, 0) is 12.8 Å². The van der Waals surface area contributed by atoms with E-state index in [-0.39, 0.29) is 12.4 Å². The summed E-state index contributed by atoms with van der Waals surface area (Å²) in [7, 11) is 1.77. The largest absolute Gasteiger partial charge is 0.497 e. The summed E-state index contributed by atoms with van der Waals surface area (Å²) in [5.41, 5.74) is 4.57. The molecule has 0 fully saturated rings. The molecular weight excluding hydrogens is 366 g/mol. The number of methoxy groups -OCH3 is 1. The fourth-order valence-corrected chi connectivity index (χ4v) is 4.69. The molecule has 0 radical (unpaired) electrons. The van der Waals surface area contributed by atoms with Crippen molar-refractivity contribution in [2.24, 2.45) is 5.92 Å². The Labute approximate surface area is 177 Å². The van der Waals surface area contributed by atoms with E-state index < -0.39 is 0 Å². The van der Waals surface area contributed by atoms with Crippen LogP contribution in [-0.4, -0.2) is 31.6 Å². The Kier molecular flexibility index (Phi) is 9.34. The second-order valence-electron chi connectivity index (χ2n) is 7.82. The first-order valence-corrected chi connectivity index (χ1v) is 10.7. The van der Waals surface area contributed by atoms with Crippen LogP contribution in [0.4, 0.5) is 0 Å². The number of ether oxygens (including phenoxy) is 1. The molecule has 0 saturated heterocycles. The van der Waals surface area contributed by atoms with Crippen molar-refractivity contribution < 1.29 is 4.74 Å². The highest BCUT2D eigenvalue weighted by Crippen LogP contribution is 2.39. The van der Waals surface area contributed by atoms with Gasteiger partial charge in [-0.3, -0.25) is 0 Å². The molecule has 0 amide bonds. The molecule has 28 heavy (non-hydrogen) atoms. The Balaban J connectivity index is 0.00000280. The van der Waals surface area contributed by atoms with Gasteiger partial charge in [-0.05, 0) is 92.4 Å². The van der Waals surface area contributed by atoms with Crippen molar-refractivity contribution in [1.29, 1.82) is 0 Å². The lowest BCUT2D eigenvalue weighted by atomic mass is 9.73. The summed E-state index contributed by atoms with van der Waals surface area (Å²) in [6.45, 7) is 8.03. The lowest BCUT2D eigenvalue weighted by molar-refractivity contribution is 0.278. The summed E-state index contributed by atoms with van der Waals surface area (Å²) in [4.78, 5) is 2.54. The molecule has 0 bridgehead atoms. The molecule has 1 aliphatic rings. The van der Waals surface area contributed by atoms with Crippen LogP contribution < -0.4 is 4.74 Å². The van der Waals surface area contributed by atoms with E-state index in [0.29, 0.717) is 5.92 Å². The normalized spacial score (nSPS) is 16.9. The van der Waals surface area contributed by atoms with Gasteiger partial charge in [0.05, 0.1) is 7.11 Å². The van der Waals surface area contributed by atoms with E-state index in [1.807, 2.05) is 0 Å². The number of fused-ring (bicyclic) bond motifs is 1. The Morgan fingerprint density at radius 3 is 2.50 bits per heavy atom. The molecular formula is C25H36ClNO. The summed E-state index contributed by atoms with van der Waals surface area (Å²) in [5, 5.41) is 0. The third kappa shape index (κ3) is 5.75. The molecule has 154 valence electrons. The van der Waals surface area contributed by atoms with E-state index in [4.69, 9.17) is 4.74 Å². The van der Waals surface area contributed by atoms with Crippen molar-refractivity contribution in [3.05, 3.63) is 65.2 Å². The van der Waals surface area contributed by atoms with Crippen LogP contribution in [0.2, 0.25) is 0 Å². The van der Waals surface area contributed by atoms with Gasteiger partial charge in [-0.1, -0.05) is 50.2 Å². The van der Waals surface area contributed by atoms with Gasteiger partial charge in [0.2, 0.25) is 0 Å². The smallest absolute Gasteiger partial charge is 0.119 e. The first-order valence-electron chi connectivity index (χ1n) is 10.7. The third-order valence-corrected chi connectivity index (χ3v) is 6.36. The van der Waals surface area contributed by atoms with E-state index in [1.54, 1.807) is 18.2 Å². The van der Waals surface area contributed by atoms with Crippen molar-refractivity contribution in [2.45, 2.75) is 51.9 Å². The van der Waals surface area contributed by atoms with Gasteiger partial charge >= 0.3 is 0 Å². The number of halogens is 1. The monoisotopic (exact) mass is 401 g/mol. The highest BCUT2D eigenvalue weighted by molar-refractivity contribution is 5.85. The summed E-state index contributed by atoms with van der Waals surface area (Å²) in [5.74, 6) is 2.32. The van der Waals surface area contributed by atoms with Crippen molar-refractivity contribution in [2.75, 3.05) is 26.7 Å². The van der Waals surface area contributed by atoms with Gasteiger partial charge in [0, 0.05) is 0 Å². The van der Waals surface area contributed by atoms with Crippen molar-refractivity contribution in [3.8, 4) is 5.75 Å². The zero-order valence-corrected chi connectivity index (χ0v) is 18.5. The van der Waals surface area contributed by atoms with Crippen LogP contribution in [0.25, 0.3) is 0 Å². The zero-order valence-electron chi connectivity index (χ0n) is 17.7. The lowest BCUT2D eigenvalue weighted by Crippen LogP contribution is -2.26. The molecule has 0 N–H and O–H groups in total. The van der Waals surface area contributed by atoms with E-state index in [1.165, 1.54) is 44.2 Å². The maximum Gasteiger partial charge on any atom is 0.119 e. The number of hydrogen-bond donors (Lipinski definition) is 0. The number of nitrogens with zero attached hydrogens (tertiary/aromatic N) is 1. The SMILES string of the molecule is CCN(CC)CCCC(c1cccc(OC)c1)C1CCc2ccccc2C1.Cl. The average Bonchev–Trinajstić information content (AvgIpc) is 2.73. The average molecular weight is 402 g/mol. The van der Waals surface area contributed by atoms with Gasteiger partial charge in [0.25, 0.3) is 0 Å². The van der Waals surface area contributed by atoms with Crippen LogP contribution in [0.5, 0.6) is 5.75 Å². The second kappa shape index (κ2) is 11.5. The summed E-state index contributed by atoms with van der Waals surface area (Å²) in [6, 6.07) is 17.8.